The van der Waals surface area contributed by atoms with E-state index in [1.54, 1.807) is 24.3 Å². The molecule has 7 atom stereocenters. The van der Waals surface area contributed by atoms with Crippen molar-refractivity contribution in [3.05, 3.63) is 47.0 Å². The summed E-state index contributed by atoms with van der Waals surface area (Å²) in [7, 11) is 0. The number of hydrogen-bond acceptors (Lipinski definition) is 5. The van der Waals surface area contributed by atoms with E-state index >= 15 is 0 Å². The van der Waals surface area contributed by atoms with Crippen LogP contribution in [0.5, 0.6) is 0 Å². The number of nitrogens with zero attached hydrogens (tertiary/aromatic N) is 1. The Hall–Kier alpha value is -2.47. The van der Waals surface area contributed by atoms with Crippen molar-refractivity contribution in [1.82, 2.24) is 4.90 Å². The summed E-state index contributed by atoms with van der Waals surface area (Å²) in [5, 5.41) is 0.501. The van der Waals surface area contributed by atoms with Gasteiger partial charge < -0.3 is 4.74 Å². The summed E-state index contributed by atoms with van der Waals surface area (Å²) in [4.78, 5) is 51.8. The van der Waals surface area contributed by atoms with Gasteiger partial charge in [-0.2, -0.15) is 0 Å². The topological polar surface area (TPSA) is 80.8 Å². The smallest absolute Gasteiger partial charge is 0.329 e. The second kappa shape index (κ2) is 6.52. The average molecular weight is 414 g/mol. The Labute approximate surface area is 172 Å². The molecule has 1 aliphatic heterocycles. The fourth-order valence-electron chi connectivity index (χ4n) is 5.44. The first kappa shape index (κ1) is 18.6. The fraction of sp³-hybridized carbons (Fsp3) is 0.455. The number of halogens is 1. The number of likely N-dealkylation sites (tertiary alicyclic amines) is 1. The highest BCUT2D eigenvalue weighted by atomic mass is 35.5. The van der Waals surface area contributed by atoms with Crippen LogP contribution in [0.15, 0.2) is 36.4 Å². The molecule has 6 nitrogen and oxygen atoms in total. The number of imide groups is 1. The number of ketones is 1. The van der Waals surface area contributed by atoms with Crippen molar-refractivity contribution in [3.8, 4) is 0 Å². The molecule has 0 radical (unpaired) electrons. The van der Waals surface area contributed by atoms with Crippen molar-refractivity contribution in [1.29, 1.82) is 0 Å². The standard InChI is InChI=1S/C22H20ClNO5/c1-10(22(28)29-9-17(25)11-2-4-12(23)5-3-11)24-20(26)18-13-6-7-14(16-8-15(13)16)19(18)21(24)27/h2-7,10,13-16,18-19H,8-9H2,1H3/t10-,13-,14-,15-,16-,18+,19+/m1/s1. The molecular formula is C22H20ClNO5. The number of amides is 2. The molecule has 1 aromatic carbocycles. The van der Waals surface area contributed by atoms with Gasteiger partial charge >= 0.3 is 5.97 Å². The first-order chi connectivity index (χ1) is 13.9. The van der Waals surface area contributed by atoms with Gasteiger partial charge in [-0.15, -0.1) is 0 Å². The third-order valence-corrected chi connectivity index (χ3v) is 7.19. The maximum absolute atomic E-state index is 13.0. The molecule has 6 rings (SSSR count). The fourth-order valence-corrected chi connectivity index (χ4v) is 5.57. The molecule has 150 valence electrons. The highest BCUT2D eigenvalue weighted by Crippen LogP contribution is 2.65. The molecule has 0 N–H and O–H groups in total. The maximum atomic E-state index is 13.0. The summed E-state index contributed by atoms with van der Waals surface area (Å²) in [6.07, 6.45) is 5.26. The summed E-state index contributed by atoms with van der Waals surface area (Å²) in [6, 6.07) is 5.21. The Morgan fingerprint density at radius 3 is 2.17 bits per heavy atom. The number of Topliss-reactive ketones (excluding diaryl/α,β-unsaturated/α-hetero) is 1. The molecule has 0 unspecified atom stereocenters. The number of hydrogen-bond donors (Lipinski definition) is 0. The Kier molecular flexibility index (Phi) is 4.17. The van der Waals surface area contributed by atoms with E-state index in [0.717, 1.165) is 11.3 Å². The summed E-state index contributed by atoms with van der Waals surface area (Å²) < 4.78 is 5.13. The van der Waals surface area contributed by atoms with Crippen molar-refractivity contribution < 1.29 is 23.9 Å². The van der Waals surface area contributed by atoms with Crippen molar-refractivity contribution in [3.63, 3.8) is 0 Å². The van der Waals surface area contributed by atoms with E-state index in [1.807, 2.05) is 0 Å². The van der Waals surface area contributed by atoms with E-state index in [2.05, 4.69) is 12.2 Å². The highest BCUT2D eigenvalue weighted by molar-refractivity contribution is 6.30. The minimum Gasteiger partial charge on any atom is -0.456 e. The number of ether oxygens (including phenoxy) is 1. The number of carbonyl (C=O) groups excluding carboxylic acids is 4. The first-order valence-corrected chi connectivity index (χ1v) is 10.3. The summed E-state index contributed by atoms with van der Waals surface area (Å²) in [5.74, 6) is -1.19. The Bertz CT molecular complexity index is 918. The van der Waals surface area contributed by atoms with Crippen LogP contribution in [0, 0.1) is 35.5 Å². The Morgan fingerprint density at radius 1 is 1.07 bits per heavy atom. The van der Waals surface area contributed by atoms with Crippen LogP contribution in [0.25, 0.3) is 0 Å². The molecule has 1 aromatic rings. The van der Waals surface area contributed by atoms with Crippen molar-refractivity contribution >= 4 is 35.2 Å². The van der Waals surface area contributed by atoms with E-state index in [-0.39, 0.29) is 41.3 Å². The van der Waals surface area contributed by atoms with Gasteiger partial charge in [-0.1, -0.05) is 23.8 Å². The number of esters is 1. The van der Waals surface area contributed by atoms with Gasteiger partial charge in [0, 0.05) is 10.6 Å². The van der Waals surface area contributed by atoms with Crippen LogP contribution in [0.3, 0.4) is 0 Å². The Morgan fingerprint density at radius 2 is 1.62 bits per heavy atom. The molecule has 2 saturated carbocycles. The average Bonchev–Trinajstić information content (AvgIpc) is 3.49. The van der Waals surface area contributed by atoms with Gasteiger partial charge in [-0.05, 0) is 61.3 Å². The van der Waals surface area contributed by atoms with Gasteiger partial charge in [-0.3, -0.25) is 19.3 Å². The number of rotatable bonds is 5. The Balaban J connectivity index is 1.26. The van der Waals surface area contributed by atoms with Gasteiger partial charge in [0.15, 0.2) is 12.4 Å². The molecule has 1 saturated heterocycles. The zero-order valence-corrected chi connectivity index (χ0v) is 16.5. The van der Waals surface area contributed by atoms with Crippen molar-refractivity contribution in [2.45, 2.75) is 19.4 Å². The van der Waals surface area contributed by atoms with E-state index in [1.165, 1.54) is 6.92 Å². The lowest BCUT2D eigenvalue weighted by Gasteiger charge is -2.37. The molecule has 1 heterocycles. The molecule has 5 aliphatic rings. The molecule has 29 heavy (non-hydrogen) atoms. The van der Waals surface area contributed by atoms with E-state index in [9.17, 15) is 19.2 Å². The van der Waals surface area contributed by atoms with Crippen LogP contribution in [0.1, 0.15) is 23.7 Å². The highest BCUT2D eigenvalue weighted by Gasteiger charge is 2.67. The molecule has 4 aliphatic carbocycles. The largest absolute Gasteiger partial charge is 0.456 e. The lowest BCUT2D eigenvalue weighted by atomic mass is 9.63. The summed E-state index contributed by atoms with van der Waals surface area (Å²) in [6.45, 7) is 1.03. The minimum atomic E-state index is -1.05. The lowest BCUT2D eigenvalue weighted by Crippen LogP contribution is -2.45. The van der Waals surface area contributed by atoms with Crippen LogP contribution >= 0.6 is 11.6 Å². The molecular weight excluding hydrogens is 394 g/mol. The van der Waals surface area contributed by atoms with Crippen molar-refractivity contribution in [2.24, 2.45) is 35.5 Å². The quantitative estimate of drug-likeness (QED) is 0.320. The number of carbonyl (C=O) groups is 4. The lowest BCUT2D eigenvalue weighted by molar-refractivity contribution is -0.157. The van der Waals surface area contributed by atoms with Crippen LogP contribution < -0.4 is 0 Å². The molecule has 0 aromatic heterocycles. The van der Waals surface area contributed by atoms with Crippen LogP contribution in [0.2, 0.25) is 5.02 Å². The number of benzene rings is 1. The van der Waals surface area contributed by atoms with Gasteiger partial charge in [0.1, 0.15) is 6.04 Å². The zero-order chi connectivity index (χ0) is 20.4. The van der Waals surface area contributed by atoms with E-state index in [0.29, 0.717) is 22.4 Å². The van der Waals surface area contributed by atoms with Crippen molar-refractivity contribution in [2.75, 3.05) is 6.61 Å². The van der Waals surface area contributed by atoms with Crippen LogP contribution in [-0.4, -0.2) is 41.1 Å². The van der Waals surface area contributed by atoms with Crippen LogP contribution in [-0.2, 0) is 19.1 Å². The summed E-state index contributed by atoms with van der Waals surface area (Å²) in [5.41, 5.74) is 0.371. The van der Waals surface area contributed by atoms with Gasteiger partial charge in [0.05, 0.1) is 11.8 Å². The van der Waals surface area contributed by atoms with Gasteiger partial charge in [0.2, 0.25) is 11.8 Å². The van der Waals surface area contributed by atoms with E-state index in [4.69, 9.17) is 16.3 Å². The normalized spacial score (nSPS) is 34.6. The minimum absolute atomic E-state index is 0.103. The third-order valence-electron chi connectivity index (χ3n) is 6.94. The number of allylic oxidation sites excluding steroid dienone is 2. The monoisotopic (exact) mass is 413 g/mol. The maximum Gasteiger partial charge on any atom is 0.329 e. The molecule has 2 amide bonds. The predicted molar refractivity (Wildman–Crippen MR) is 103 cm³/mol. The first-order valence-electron chi connectivity index (χ1n) is 9.89. The summed E-state index contributed by atoms with van der Waals surface area (Å²) >= 11 is 5.80. The van der Waals surface area contributed by atoms with E-state index < -0.39 is 18.6 Å². The van der Waals surface area contributed by atoms with Gasteiger partial charge in [-0.25, -0.2) is 4.79 Å². The SMILES string of the molecule is C[C@H](C(=O)OCC(=O)c1ccc(Cl)cc1)N1C(=O)[C@H]2[C@@H]3C=C[C@H]([C@H]4C[C@H]34)[C@@H]2C1=O. The predicted octanol–water partition coefficient (Wildman–Crippen LogP) is 2.51. The zero-order valence-electron chi connectivity index (χ0n) is 15.8. The third kappa shape index (κ3) is 2.76. The second-order valence-corrected chi connectivity index (χ2v) is 8.85. The molecule has 7 heteroatoms. The molecule has 2 bridgehead atoms. The molecule has 3 fully saturated rings. The second-order valence-electron chi connectivity index (χ2n) is 8.41. The van der Waals surface area contributed by atoms with Crippen LogP contribution in [0.4, 0.5) is 0 Å². The van der Waals surface area contributed by atoms with Gasteiger partial charge in [0.25, 0.3) is 0 Å². The molecule has 0 spiro atoms.